The lowest BCUT2D eigenvalue weighted by molar-refractivity contribution is 0.0764. The number of fused-ring (bicyclic) bond motifs is 1. The second-order valence-electron chi connectivity index (χ2n) is 7.43. The lowest BCUT2D eigenvalue weighted by atomic mass is 9.91. The lowest BCUT2D eigenvalue weighted by Gasteiger charge is -2.27. The van der Waals surface area contributed by atoms with Gasteiger partial charge >= 0.3 is 0 Å². The monoisotopic (exact) mass is 384 g/mol. The van der Waals surface area contributed by atoms with E-state index in [1.807, 2.05) is 28.4 Å². The van der Waals surface area contributed by atoms with E-state index in [-0.39, 0.29) is 5.91 Å². The highest BCUT2D eigenvalue weighted by Gasteiger charge is 2.30. The normalized spacial score (nSPS) is 19.7. The number of carbonyl (C=O) groups excluding carboxylic acids is 1. The molecule has 1 aromatic carbocycles. The van der Waals surface area contributed by atoms with Crippen LogP contribution in [-0.4, -0.2) is 57.8 Å². The van der Waals surface area contributed by atoms with Gasteiger partial charge in [0.05, 0.1) is 0 Å². The molecule has 27 heavy (non-hydrogen) atoms. The van der Waals surface area contributed by atoms with Crippen molar-refractivity contribution >= 4 is 17.7 Å². The summed E-state index contributed by atoms with van der Waals surface area (Å²) in [5.41, 5.74) is 4.46. The molecule has 0 saturated carbocycles. The third kappa shape index (κ3) is 4.22. The number of aryl methyl sites for hydroxylation is 1. The number of aromatic nitrogens is 2. The highest BCUT2D eigenvalue weighted by Crippen LogP contribution is 2.26. The van der Waals surface area contributed by atoms with Gasteiger partial charge in [-0.15, -0.1) is 0 Å². The molecule has 5 nitrogen and oxygen atoms in total. The number of nitrogens with one attached hydrogen (secondary N) is 1. The number of nitrogens with zero attached hydrogens (tertiary/aromatic N) is 3. The van der Waals surface area contributed by atoms with Gasteiger partial charge in [-0.3, -0.25) is 9.48 Å². The van der Waals surface area contributed by atoms with E-state index >= 15 is 0 Å². The second kappa shape index (κ2) is 8.48. The van der Waals surface area contributed by atoms with E-state index < -0.39 is 0 Å². The Kier molecular flexibility index (Phi) is 5.83. The van der Waals surface area contributed by atoms with Crippen molar-refractivity contribution in [3.05, 3.63) is 52.8 Å². The summed E-state index contributed by atoms with van der Waals surface area (Å²) >= 11 is 1.92. The highest BCUT2D eigenvalue weighted by molar-refractivity contribution is 7.99. The van der Waals surface area contributed by atoms with Gasteiger partial charge < -0.3 is 10.2 Å². The molecule has 0 bridgehead atoms. The van der Waals surface area contributed by atoms with Gasteiger partial charge in [0.2, 0.25) is 0 Å². The van der Waals surface area contributed by atoms with E-state index in [1.165, 1.54) is 16.8 Å². The van der Waals surface area contributed by atoms with Crippen molar-refractivity contribution < 1.29 is 4.79 Å². The van der Waals surface area contributed by atoms with Crippen molar-refractivity contribution in [3.63, 3.8) is 0 Å². The first kappa shape index (κ1) is 18.6. The number of rotatable bonds is 5. The molecule has 1 saturated heterocycles. The minimum Gasteiger partial charge on any atom is -0.336 e. The molecule has 0 radical (unpaired) electrons. The molecule has 2 heterocycles. The number of amides is 1. The van der Waals surface area contributed by atoms with Gasteiger partial charge in [0.25, 0.3) is 5.91 Å². The smallest absolute Gasteiger partial charge is 0.274 e. The van der Waals surface area contributed by atoms with E-state index in [9.17, 15) is 4.79 Å². The number of carbonyl (C=O) groups is 1. The molecule has 1 fully saturated rings. The summed E-state index contributed by atoms with van der Waals surface area (Å²) in [5, 5.41) is 8.32. The van der Waals surface area contributed by atoms with Gasteiger partial charge in [-0.25, -0.2) is 0 Å². The van der Waals surface area contributed by atoms with Gasteiger partial charge in [-0.2, -0.15) is 16.9 Å². The number of thioether (sulfide) groups is 1. The standard InChI is InChI=1S/C21H28N4OS/c1-24-19-8-7-17(22-10-9-16-5-3-2-4-6-16)15-18(19)20(23-24)21(26)25-11-13-27-14-12-25/h2-6,17,22H,7-15H2,1H3. The van der Waals surface area contributed by atoms with Crippen molar-refractivity contribution in [1.29, 1.82) is 0 Å². The van der Waals surface area contributed by atoms with E-state index in [0.29, 0.717) is 11.7 Å². The van der Waals surface area contributed by atoms with Crippen LogP contribution in [0.25, 0.3) is 0 Å². The molecule has 1 amide bonds. The third-order valence-electron chi connectivity index (χ3n) is 5.65. The fourth-order valence-electron chi connectivity index (χ4n) is 4.12. The molecular weight excluding hydrogens is 356 g/mol. The molecule has 2 aliphatic rings. The van der Waals surface area contributed by atoms with Crippen molar-refractivity contribution in [2.45, 2.75) is 31.7 Å². The molecule has 1 atom stereocenters. The van der Waals surface area contributed by atoms with Crippen LogP contribution in [0.2, 0.25) is 0 Å². The quantitative estimate of drug-likeness (QED) is 0.859. The summed E-state index contributed by atoms with van der Waals surface area (Å²) < 4.78 is 1.93. The van der Waals surface area contributed by atoms with Crippen LogP contribution in [0.15, 0.2) is 30.3 Å². The minimum atomic E-state index is 0.122. The van der Waals surface area contributed by atoms with Crippen LogP contribution in [0, 0.1) is 0 Å². The van der Waals surface area contributed by atoms with Crippen LogP contribution in [0.1, 0.15) is 33.7 Å². The average Bonchev–Trinajstić information content (AvgIpc) is 3.05. The van der Waals surface area contributed by atoms with Crippen LogP contribution < -0.4 is 5.32 Å². The van der Waals surface area contributed by atoms with E-state index in [0.717, 1.165) is 56.8 Å². The van der Waals surface area contributed by atoms with Crippen molar-refractivity contribution in [2.75, 3.05) is 31.1 Å². The first-order chi connectivity index (χ1) is 13.2. The summed E-state index contributed by atoms with van der Waals surface area (Å²) in [6, 6.07) is 11.0. The highest BCUT2D eigenvalue weighted by atomic mass is 32.2. The number of hydrogen-bond donors (Lipinski definition) is 1. The van der Waals surface area contributed by atoms with Crippen LogP contribution in [-0.2, 0) is 26.3 Å². The molecule has 4 rings (SSSR count). The van der Waals surface area contributed by atoms with Crippen LogP contribution >= 0.6 is 11.8 Å². The van der Waals surface area contributed by atoms with Crippen LogP contribution in [0.3, 0.4) is 0 Å². The van der Waals surface area contributed by atoms with Gasteiger partial charge in [0.15, 0.2) is 5.69 Å². The molecular formula is C21H28N4OS. The largest absolute Gasteiger partial charge is 0.336 e. The Balaban J connectivity index is 1.41. The average molecular weight is 385 g/mol. The SMILES string of the molecule is Cn1nc(C(=O)N2CCSCC2)c2c1CCC(NCCc1ccccc1)C2. The summed E-state index contributed by atoms with van der Waals surface area (Å²) in [7, 11) is 1.98. The fourth-order valence-corrected chi connectivity index (χ4v) is 5.02. The second-order valence-corrected chi connectivity index (χ2v) is 8.66. The zero-order valence-corrected chi connectivity index (χ0v) is 16.8. The van der Waals surface area contributed by atoms with E-state index in [2.05, 4.69) is 40.7 Å². The van der Waals surface area contributed by atoms with Gasteiger partial charge in [0.1, 0.15) is 0 Å². The minimum absolute atomic E-state index is 0.122. The predicted octanol–water partition coefficient (Wildman–Crippen LogP) is 2.30. The van der Waals surface area contributed by atoms with Crippen LogP contribution in [0.4, 0.5) is 0 Å². The Morgan fingerprint density at radius 2 is 2.04 bits per heavy atom. The zero-order valence-electron chi connectivity index (χ0n) is 16.0. The maximum absolute atomic E-state index is 13.0. The Hall–Kier alpha value is -1.79. The molecule has 1 unspecified atom stereocenters. The van der Waals surface area contributed by atoms with Crippen molar-refractivity contribution in [2.24, 2.45) is 7.05 Å². The van der Waals surface area contributed by atoms with Crippen molar-refractivity contribution in [3.8, 4) is 0 Å². The maximum atomic E-state index is 13.0. The molecule has 144 valence electrons. The molecule has 1 N–H and O–H groups in total. The molecule has 1 aliphatic carbocycles. The van der Waals surface area contributed by atoms with Gasteiger partial charge in [-0.1, -0.05) is 30.3 Å². The lowest BCUT2D eigenvalue weighted by Crippen LogP contribution is -2.40. The Morgan fingerprint density at radius 3 is 2.81 bits per heavy atom. The number of hydrogen-bond acceptors (Lipinski definition) is 4. The summed E-state index contributed by atoms with van der Waals surface area (Å²) in [6.45, 7) is 2.65. The summed E-state index contributed by atoms with van der Waals surface area (Å²) in [4.78, 5) is 15.0. The topological polar surface area (TPSA) is 50.2 Å². The zero-order chi connectivity index (χ0) is 18.6. The van der Waals surface area contributed by atoms with E-state index in [4.69, 9.17) is 0 Å². The maximum Gasteiger partial charge on any atom is 0.274 e. The molecule has 1 aliphatic heterocycles. The fraction of sp³-hybridized carbons (Fsp3) is 0.524. The van der Waals surface area contributed by atoms with Crippen LogP contribution in [0.5, 0.6) is 0 Å². The number of benzene rings is 1. The summed E-state index contributed by atoms with van der Waals surface area (Å²) in [6.07, 6.45) is 4.04. The third-order valence-corrected chi connectivity index (χ3v) is 6.59. The molecule has 0 spiro atoms. The molecule has 6 heteroatoms. The van der Waals surface area contributed by atoms with Gasteiger partial charge in [-0.05, 0) is 37.8 Å². The Morgan fingerprint density at radius 1 is 1.26 bits per heavy atom. The Bertz CT molecular complexity index is 783. The predicted molar refractivity (Wildman–Crippen MR) is 110 cm³/mol. The Labute approximate surface area is 165 Å². The molecule has 2 aromatic rings. The van der Waals surface area contributed by atoms with E-state index in [1.54, 1.807) is 0 Å². The first-order valence-electron chi connectivity index (χ1n) is 9.91. The molecule has 1 aromatic heterocycles. The van der Waals surface area contributed by atoms with Gasteiger partial charge in [0, 0.05) is 48.9 Å². The summed E-state index contributed by atoms with van der Waals surface area (Å²) in [5.74, 6) is 2.19. The first-order valence-corrected chi connectivity index (χ1v) is 11.1. The van der Waals surface area contributed by atoms with Crippen molar-refractivity contribution in [1.82, 2.24) is 20.0 Å².